The lowest BCUT2D eigenvalue weighted by Gasteiger charge is -2.12. The molecule has 0 aliphatic rings. The van der Waals surface area contributed by atoms with E-state index in [9.17, 15) is 4.79 Å². The molecule has 0 bridgehead atoms. The second-order valence-electron chi connectivity index (χ2n) is 4.46. The average molecular weight is 296 g/mol. The largest absolute Gasteiger partial charge is 0.382 e. The molecule has 1 rings (SSSR count). The van der Waals surface area contributed by atoms with Crippen LogP contribution in [0.3, 0.4) is 0 Å². The molecule has 0 N–H and O–H groups in total. The normalized spacial score (nSPS) is 12.3. The molecule has 0 amide bonds. The van der Waals surface area contributed by atoms with E-state index in [1.807, 2.05) is 18.2 Å². The Morgan fingerprint density at radius 2 is 1.52 bits per heavy atom. The highest BCUT2D eigenvalue weighted by Crippen LogP contribution is 2.05. The van der Waals surface area contributed by atoms with Crippen molar-refractivity contribution < 1.29 is 23.7 Å². The number of ether oxygens (including phenoxy) is 4. The van der Waals surface area contributed by atoms with Crippen LogP contribution >= 0.6 is 0 Å². The first-order valence-electron chi connectivity index (χ1n) is 7.11. The molecular weight excluding hydrogens is 272 g/mol. The van der Waals surface area contributed by atoms with Crippen LogP contribution in [0, 0.1) is 0 Å². The zero-order valence-corrected chi connectivity index (χ0v) is 12.7. The summed E-state index contributed by atoms with van der Waals surface area (Å²) in [5, 5.41) is 0. The summed E-state index contributed by atoms with van der Waals surface area (Å²) in [6.45, 7) is 4.78. The molecule has 21 heavy (non-hydrogen) atoms. The fourth-order valence-electron chi connectivity index (χ4n) is 1.66. The third-order valence-electron chi connectivity index (χ3n) is 2.83. The number of hydrogen-bond acceptors (Lipinski definition) is 5. The Hall–Kier alpha value is -1.27. The summed E-state index contributed by atoms with van der Waals surface area (Å²) in [6, 6.07) is 9.14. The van der Waals surface area contributed by atoms with Crippen molar-refractivity contribution in [1.82, 2.24) is 0 Å². The number of benzene rings is 1. The van der Waals surface area contributed by atoms with Gasteiger partial charge in [-0.05, 0) is 6.92 Å². The number of Topliss-reactive ketones (excluding diaryl/α,β-unsaturated/α-hetero) is 1. The van der Waals surface area contributed by atoms with Crippen LogP contribution in [0.2, 0.25) is 0 Å². The van der Waals surface area contributed by atoms with Crippen LogP contribution in [-0.2, 0) is 18.9 Å². The van der Waals surface area contributed by atoms with Crippen molar-refractivity contribution in [3.63, 3.8) is 0 Å². The highest BCUT2D eigenvalue weighted by Gasteiger charge is 2.14. The van der Waals surface area contributed by atoms with E-state index < -0.39 is 6.10 Å². The molecule has 0 saturated heterocycles. The van der Waals surface area contributed by atoms with Gasteiger partial charge in [-0.3, -0.25) is 4.79 Å². The zero-order valence-electron chi connectivity index (χ0n) is 12.7. The van der Waals surface area contributed by atoms with E-state index in [1.54, 1.807) is 26.2 Å². The second kappa shape index (κ2) is 11.4. The van der Waals surface area contributed by atoms with Crippen LogP contribution in [-0.4, -0.2) is 58.6 Å². The monoisotopic (exact) mass is 296 g/mol. The molecule has 5 heteroatoms. The molecule has 118 valence electrons. The van der Waals surface area contributed by atoms with E-state index in [0.717, 1.165) is 0 Å². The molecule has 0 radical (unpaired) electrons. The second-order valence-corrected chi connectivity index (χ2v) is 4.46. The summed E-state index contributed by atoms with van der Waals surface area (Å²) in [5.41, 5.74) is 0.664. The van der Waals surface area contributed by atoms with E-state index in [1.165, 1.54) is 0 Å². The van der Waals surface area contributed by atoms with Gasteiger partial charge in [0.25, 0.3) is 0 Å². The zero-order chi connectivity index (χ0) is 15.3. The number of carbonyl (C=O) groups excluding carboxylic acids is 1. The summed E-state index contributed by atoms with van der Waals surface area (Å²) in [7, 11) is 1.63. The molecule has 0 heterocycles. The van der Waals surface area contributed by atoms with Gasteiger partial charge >= 0.3 is 0 Å². The molecule has 1 atom stereocenters. The fraction of sp³-hybridized carbons (Fsp3) is 0.562. The Labute approximate surface area is 126 Å². The van der Waals surface area contributed by atoms with Crippen molar-refractivity contribution in [2.75, 3.05) is 46.8 Å². The molecule has 0 spiro atoms. The minimum absolute atomic E-state index is 0.0153. The Bertz CT molecular complexity index is 380. The SMILES string of the molecule is COCCOCCOCCOC(C)C(=O)c1ccccc1. The standard InChI is InChI=1S/C16H24O5/c1-14(16(17)15-6-4-3-5-7-15)21-13-12-20-11-10-19-9-8-18-2/h3-7,14H,8-13H2,1-2H3. The molecule has 0 aliphatic carbocycles. The van der Waals surface area contributed by atoms with Crippen molar-refractivity contribution in [1.29, 1.82) is 0 Å². The van der Waals surface area contributed by atoms with Crippen LogP contribution < -0.4 is 0 Å². The molecule has 0 fully saturated rings. The highest BCUT2D eigenvalue weighted by atomic mass is 16.6. The Morgan fingerprint density at radius 1 is 0.952 bits per heavy atom. The van der Waals surface area contributed by atoms with Crippen LogP contribution in [0.15, 0.2) is 30.3 Å². The first-order chi connectivity index (χ1) is 10.3. The van der Waals surface area contributed by atoms with Gasteiger partial charge in [0.15, 0.2) is 5.78 Å². The molecule has 0 aliphatic heterocycles. The molecular formula is C16H24O5. The predicted molar refractivity (Wildman–Crippen MR) is 79.7 cm³/mol. The van der Waals surface area contributed by atoms with Gasteiger partial charge < -0.3 is 18.9 Å². The van der Waals surface area contributed by atoms with Crippen molar-refractivity contribution in [2.45, 2.75) is 13.0 Å². The molecule has 1 aromatic carbocycles. The van der Waals surface area contributed by atoms with Crippen molar-refractivity contribution in [2.24, 2.45) is 0 Å². The van der Waals surface area contributed by atoms with E-state index in [2.05, 4.69) is 0 Å². The van der Waals surface area contributed by atoms with Crippen LogP contribution in [0.4, 0.5) is 0 Å². The average Bonchev–Trinajstić information content (AvgIpc) is 2.53. The summed E-state index contributed by atoms with van der Waals surface area (Å²) in [4.78, 5) is 12.0. The first kappa shape index (κ1) is 17.8. The number of carbonyl (C=O) groups is 1. The number of methoxy groups -OCH3 is 1. The summed E-state index contributed by atoms with van der Waals surface area (Å²) in [6.07, 6.45) is -0.464. The number of hydrogen-bond donors (Lipinski definition) is 0. The van der Waals surface area contributed by atoms with E-state index in [-0.39, 0.29) is 5.78 Å². The van der Waals surface area contributed by atoms with E-state index >= 15 is 0 Å². The van der Waals surface area contributed by atoms with Crippen LogP contribution in [0.1, 0.15) is 17.3 Å². The predicted octanol–water partition coefficient (Wildman–Crippen LogP) is 1.95. The Balaban J connectivity index is 2.03. The van der Waals surface area contributed by atoms with Gasteiger partial charge in [-0.1, -0.05) is 30.3 Å². The van der Waals surface area contributed by atoms with Gasteiger partial charge in [0.2, 0.25) is 0 Å². The lowest BCUT2D eigenvalue weighted by molar-refractivity contribution is -0.00820. The van der Waals surface area contributed by atoms with E-state index in [4.69, 9.17) is 18.9 Å². The number of rotatable bonds is 12. The van der Waals surface area contributed by atoms with Crippen LogP contribution in [0.25, 0.3) is 0 Å². The van der Waals surface area contributed by atoms with E-state index in [0.29, 0.717) is 45.2 Å². The topological polar surface area (TPSA) is 54.0 Å². The third kappa shape index (κ3) is 7.92. The Kier molecular flexibility index (Phi) is 9.65. The molecule has 1 aromatic rings. The van der Waals surface area contributed by atoms with Gasteiger partial charge in [0.1, 0.15) is 6.10 Å². The molecule has 0 aromatic heterocycles. The van der Waals surface area contributed by atoms with Gasteiger partial charge in [-0.25, -0.2) is 0 Å². The van der Waals surface area contributed by atoms with Gasteiger partial charge in [0, 0.05) is 12.7 Å². The van der Waals surface area contributed by atoms with Crippen LogP contribution in [0.5, 0.6) is 0 Å². The minimum Gasteiger partial charge on any atom is -0.382 e. The number of ketones is 1. The van der Waals surface area contributed by atoms with Crippen molar-refractivity contribution >= 4 is 5.78 Å². The smallest absolute Gasteiger partial charge is 0.191 e. The maximum Gasteiger partial charge on any atom is 0.191 e. The maximum absolute atomic E-state index is 12.0. The summed E-state index contributed by atoms with van der Waals surface area (Å²) < 4.78 is 20.9. The van der Waals surface area contributed by atoms with Crippen molar-refractivity contribution in [3.8, 4) is 0 Å². The lowest BCUT2D eigenvalue weighted by Crippen LogP contribution is -2.23. The molecule has 5 nitrogen and oxygen atoms in total. The first-order valence-corrected chi connectivity index (χ1v) is 7.11. The highest BCUT2D eigenvalue weighted by molar-refractivity contribution is 5.99. The molecule has 1 unspecified atom stereocenters. The summed E-state index contributed by atoms with van der Waals surface area (Å²) >= 11 is 0. The third-order valence-corrected chi connectivity index (χ3v) is 2.83. The quantitative estimate of drug-likeness (QED) is 0.436. The lowest BCUT2D eigenvalue weighted by atomic mass is 10.1. The Morgan fingerprint density at radius 3 is 2.14 bits per heavy atom. The van der Waals surface area contributed by atoms with Gasteiger partial charge in [0.05, 0.1) is 39.6 Å². The van der Waals surface area contributed by atoms with Gasteiger partial charge in [-0.2, -0.15) is 0 Å². The van der Waals surface area contributed by atoms with Gasteiger partial charge in [-0.15, -0.1) is 0 Å². The minimum atomic E-state index is -0.464. The van der Waals surface area contributed by atoms with Crippen molar-refractivity contribution in [3.05, 3.63) is 35.9 Å². The summed E-state index contributed by atoms with van der Waals surface area (Å²) in [5.74, 6) is -0.0153. The fourth-order valence-corrected chi connectivity index (χ4v) is 1.66. The maximum atomic E-state index is 12.0. The molecule has 0 saturated carbocycles.